The fourth-order valence-corrected chi connectivity index (χ4v) is 3.92. The molecule has 0 N–H and O–H groups in total. The predicted molar refractivity (Wildman–Crippen MR) is 70.3 cm³/mol. The molecule has 1 fully saturated rings. The van der Waals surface area contributed by atoms with Crippen LogP contribution in [0.1, 0.15) is 25.7 Å². The summed E-state index contributed by atoms with van der Waals surface area (Å²) in [6.07, 6.45) is 3.62. The van der Waals surface area contributed by atoms with Crippen LogP contribution in [-0.4, -0.2) is 30.7 Å². The van der Waals surface area contributed by atoms with E-state index < -0.39 is 14.9 Å². The molecule has 2 rings (SSSR count). The maximum absolute atomic E-state index is 12.5. The van der Waals surface area contributed by atoms with Gasteiger partial charge in [0.05, 0.1) is 4.92 Å². The molecule has 0 radical (unpaired) electrons. The summed E-state index contributed by atoms with van der Waals surface area (Å²) in [5, 5.41) is 10.9. The Hall–Kier alpha value is -1.47. The smallest absolute Gasteiger partial charge is 0.258 e. The number of hydrogen-bond donors (Lipinski definition) is 0. The van der Waals surface area contributed by atoms with Gasteiger partial charge in [0.25, 0.3) is 5.69 Å². The summed E-state index contributed by atoms with van der Waals surface area (Å²) in [6, 6.07) is 5.51. The van der Waals surface area contributed by atoms with E-state index in [1.165, 1.54) is 28.6 Å². The second-order valence-corrected chi connectivity index (χ2v) is 6.45. The van der Waals surface area contributed by atoms with Gasteiger partial charge < -0.3 is 0 Å². The molecule has 0 amide bonds. The van der Waals surface area contributed by atoms with Crippen molar-refractivity contribution < 1.29 is 13.3 Å². The molecule has 0 aliphatic carbocycles. The summed E-state index contributed by atoms with van der Waals surface area (Å²) in [5.41, 5.74) is -0.355. The van der Waals surface area contributed by atoms with Gasteiger partial charge in [-0.1, -0.05) is 25.0 Å². The molecule has 1 aromatic carbocycles. The Kier molecular flexibility index (Phi) is 4.16. The fourth-order valence-electron chi connectivity index (χ4n) is 2.25. The van der Waals surface area contributed by atoms with E-state index in [0.29, 0.717) is 13.1 Å². The summed E-state index contributed by atoms with van der Waals surface area (Å²) in [6.45, 7) is 0.878. The van der Waals surface area contributed by atoms with Crippen molar-refractivity contribution in [1.29, 1.82) is 0 Å². The van der Waals surface area contributed by atoms with Crippen molar-refractivity contribution in [3.05, 3.63) is 34.4 Å². The van der Waals surface area contributed by atoms with Crippen molar-refractivity contribution in [3.8, 4) is 0 Å². The lowest BCUT2D eigenvalue weighted by atomic mass is 10.2. The quantitative estimate of drug-likeness (QED) is 0.629. The summed E-state index contributed by atoms with van der Waals surface area (Å²) in [7, 11) is -3.77. The Morgan fingerprint density at radius 3 is 2.21 bits per heavy atom. The largest absolute Gasteiger partial charge is 0.289 e. The lowest BCUT2D eigenvalue weighted by Crippen LogP contribution is -2.32. The highest BCUT2D eigenvalue weighted by Crippen LogP contribution is 2.27. The molecule has 6 nitrogen and oxygen atoms in total. The molecule has 0 unspecified atom stereocenters. The van der Waals surface area contributed by atoms with Crippen LogP contribution in [0.3, 0.4) is 0 Å². The van der Waals surface area contributed by atoms with Gasteiger partial charge in [-0.05, 0) is 18.9 Å². The molecular formula is C12H16N2O4S. The maximum atomic E-state index is 12.5. The predicted octanol–water partition coefficient (Wildman–Crippen LogP) is 2.16. The molecule has 1 heterocycles. The first kappa shape index (κ1) is 14.0. The zero-order chi connectivity index (χ0) is 13.9. The highest BCUT2D eigenvalue weighted by molar-refractivity contribution is 7.89. The van der Waals surface area contributed by atoms with Crippen molar-refractivity contribution in [2.75, 3.05) is 13.1 Å². The molecule has 19 heavy (non-hydrogen) atoms. The number of para-hydroxylation sites is 1. The van der Waals surface area contributed by atoms with Crippen molar-refractivity contribution in [2.45, 2.75) is 30.6 Å². The third-order valence-electron chi connectivity index (χ3n) is 3.24. The highest BCUT2D eigenvalue weighted by Gasteiger charge is 2.31. The van der Waals surface area contributed by atoms with Crippen LogP contribution >= 0.6 is 0 Å². The van der Waals surface area contributed by atoms with E-state index in [9.17, 15) is 18.5 Å². The third-order valence-corrected chi connectivity index (χ3v) is 5.19. The van der Waals surface area contributed by atoms with Crippen LogP contribution < -0.4 is 0 Å². The van der Waals surface area contributed by atoms with Gasteiger partial charge >= 0.3 is 0 Å². The topological polar surface area (TPSA) is 80.5 Å². The fraction of sp³-hybridized carbons (Fsp3) is 0.500. The Labute approximate surface area is 112 Å². The number of nitro groups is 1. The molecule has 1 saturated heterocycles. The van der Waals surface area contributed by atoms with E-state index in [-0.39, 0.29) is 10.6 Å². The molecule has 0 atom stereocenters. The number of nitro benzene ring substituents is 1. The molecule has 104 valence electrons. The van der Waals surface area contributed by atoms with Gasteiger partial charge in [0.15, 0.2) is 4.90 Å². The third kappa shape index (κ3) is 2.93. The van der Waals surface area contributed by atoms with Gasteiger partial charge in [-0.2, -0.15) is 4.31 Å². The van der Waals surface area contributed by atoms with Gasteiger partial charge in [-0.15, -0.1) is 0 Å². The molecule has 0 saturated carbocycles. The van der Waals surface area contributed by atoms with E-state index in [1.807, 2.05) is 0 Å². The molecule has 1 aliphatic rings. The Morgan fingerprint density at radius 1 is 1.05 bits per heavy atom. The highest BCUT2D eigenvalue weighted by atomic mass is 32.2. The summed E-state index contributed by atoms with van der Waals surface area (Å²) < 4.78 is 26.3. The van der Waals surface area contributed by atoms with Crippen LogP contribution in [0.2, 0.25) is 0 Å². The van der Waals surface area contributed by atoms with Crippen molar-refractivity contribution >= 4 is 15.7 Å². The van der Waals surface area contributed by atoms with Crippen LogP contribution in [0.25, 0.3) is 0 Å². The van der Waals surface area contributed by atoms with Crippen LogP contribution in [0.15, 0.2) is 29.2 Å². The lowest BCUT2D eigenvalue weighted by molar-refractivity contribution is -0.387. The lowest BCUT2D eigenvalue weighted by Gasteiger charge is -2.19. The maximum Gasteiger partial charge on any atom is 0.289 e. The van der Waals surface area contributed by atoms with Crippen molar-refractivity contribution in [3.63, 3.8) is 0 Å². The monoisotopic (exact) mass is 284 g/mol. The van der Waals surface area contributed by atoms with Crippen molar-refractivity contribution in [2.24, 2.45) is 0 Å². The Morgan fingerprint density at radius 2 is 1.63 bits per heavy atom. The number of rotatable bonds is 3. The van der Waals surface area contributed by atoms with Crippen LogP contribution in [0.5, 0.6) is 0 Å². The molecular weight excluding hydrogens is 268 g/mol. The molecule has 0 bridgehead atoms. The molecule has 0 spiro atoms. The molecule has 1 aromatic rings. The van der Waals surface area contributed by atoms with Gasteiger partial charge in [0.2, 0.25) is 10.0 Å². The van der Waals surface area contributed by atoms with Gasteiger partial charge in [-0.3, -0.25) is 10.1 Å². The number of hydrogen-bond acceptors (Lipinski definition) is 4. The molecule has 1 aliphatic heterocycles. The second kappa shape index (κ2) is 5.66. The van der Waals surface area contributed by atoms with Crippen LogP contribution in [-0.2, 0) is 10.0 Å². The average Bonchev–Trinajstić information content (AvgIpc) is 2.68. The molecule has 0 aromatic heterocycles. The first-order valence-electron chi connectivity index (χ1n) is 6.27. The van der Waals surface area contributed by atoms with Gasteiger partial charge in [0, 0.05) is 19.2 Å². The summed E-state index contributed by atoms with van der Waals surface area (Å²) >= 11 is 0. The van der Waals surface area contributed by atoms with E-state index in [4.69, 9.17) is 0 Å². The van der Waals surface area contributed by atoms with E-state index in [2.05, 4.69) is 0 Å². The second-order valence-electron chi connectivity index (χ2n) is 4.54. The van der Waals surface area contributed by atoms with Gasteiger partial charge in [-0.25, -0.2) is 8.42 Å². The summed E-state index contributed by atoms with van der Waals surface area (Å²) in [4.78, 5) is 10.1. The van der Waals surface area contributed by atoms with E-state index in [1.54, 1.807) is 0 Å². The minimum Gasteiger partial charge on any atom is -0.258 e. The van der Waals surface area contributed by atoms with Crippen molar-refractivity contribution in [1.82, 2.24) is 4.31 Å². The zero-order valence-electron chi connectivity index (χ0n) is 10.5. The SMILES string of the molecule is O=[N+]([O-])c1ccccc1S(=O)(=O)N1CCCCCC1. The number of nitrogens with zero attached hydrogens (tertiary/aromatic N) is 2. The Balaban J connectivity index is 2.41. The minimum absolute atomic E-state index is 0.207. The standard InChI is InChI=1S/C12H16N2O4S/c15-14(16)11-7-3-4-8-12(11)19(17,18)13-9-5-1-2-6-10-13/h3-4,7-8H,1-2,5-6,9-10H2. The van der Waals surface area contributed by atoms with Gasteiger partial charge in [0.1, 0.15) is 0 Å². The van der Waals surface area contributed by atoms with Crippen LogP contribution in [0.4, 0.5) is 5.69 Å². The number of sulfonamides is 1. The zero-order valence-corrected chi connectivity index (χ0v) is 11.3. The van der Waals surface area contributed by atoms with Crippen LogP contribution in [0, 0.1) is 10.1 Å². The first-order chi connectivity index (χ1) is 9.03. The summed E-state index contributed by atoms with van der Waals surface area (Å²) in [5.74, 6) is 0. The van der Waals surface area contributed by atoms with E-state index in [0.717, 1.165) is 25.7 Å². The normalized spacial score (nSPS) is 17.9. The average molecular weight is 284 g/mol. The number of benzene rings is 1. The molecule has 7 heteroatoms. The first-order valence-corrected chi connectivity index (χ1v) is 7.71. The Bertz CT molecular complexity index is 563. The minimum atomic E-state index is -3.77. The van der Waals surface area contributed by atoms with E-state index >= 15 is 0 Å².